The molecule has 1 aliphatic heterocycles. The Morgan fingerprint density at radius 2 is 2.46 bits per heavy atom. The Labute approximate surface area is 80.1 Å². The van der Waals surface area contributed by atoms with E-state index in [1.54, 1.807) is 0 Å². The second kappa shape index (κ2) is 3.89. The molecule has 2 rings (SSSR count). The van der Waals surface area contributed by atoms with Gasteiger partial charge in [0, 0.05) is 0 Å². The van der Waals surface area contributed by atoms with E-state index in [9.17, 15) is 0 Å². The van der Waals surface area contributed by atoms with Gasteiger partial charge in [-0.15, -0.1) is 5.47 Å². The van der Waals surface area contributed by atoms with Crippen LogP contribution in [0, 0.1) is 23.6 Å². The van der Waals surface area contributed by atoms with Crippen LogP contribution in [0.3, 0.4) is 0 Å². The van der Waals surface area contributed by atoms with Crippen molar-refractivity contribution < 1.29 is 5.23 Å². The molecule has 1 heterocycles. The number of nitrogens with two attached hydrogens (primary N) is 1. The standard InChI is InChI=1S/C10H15BN2/c12-8-11-10(6-7-13-11)9-4-2-1-3-5-9/h4,6,11H,1-3,5,7,13H2/q+1. The van der Waals surface area contributed by atoms with Crippen molar-refractivity contribution in [1.29, 1.82) is 5.26 Å². The van der Waals surface area contributed by atoms with Gasteiger partial charge in [0.2, 0.25) is 0 Å². The van der Waals surface area contributed by atoms with Gasteiger partial charge < -0.3 is 5.23 Å². The minimum Gasteiger partial charge on any atom is -0.520 e. The molecule has 2 N–H and O–H groups in total. The highest BCUT2D eigenvalue weighted by atomic mass is 14.8. The molecule has 0 aromatic heterocycles. The topological polar surface area (TPSA) is 40.4 Å². The van der Waals surface area contributed by atoms with Crippen molar-refractivity contribution in [3.63, 3.8) is 0 Å². The number of quaternary nitrogens is 1. The number of hydrogen-bond acceptors (Lipinski definition) is 1. The fraction of sp³-hybridized carbons (Fsp3) is 0.500. The average molecular weight is 174 g/mol. The first-order valence-corrected chi connectivity index (χ1v) is 5.24. The highest BCUT2D eigenvalue weighted by molar-refractivity contribution is 6.67. The van der Waals surface area contributed by atoms with Crippen LogP contribution in [0.15, 0.2) is 11.5 Å². The lowest BCUT2D eigenvalue weighted by atomic mass is 9.53. The Balaban J connectivity index is 2.02. The summed E-state index contributed by atoms with van der Waals surface area (Å²) in [6.07, 6.45) is 9.63. The fourth-order valence-corrected chi connectivity index (χ4v) is 2.36. The van der Waals surface area contributed by atoms with Crippen molar-refractivity contribution in [2.45, 2.75) is 25.7 Å². The molecular formula is C10H15BN2+. The number of nitriles is 1. The average Bonchev–Trinajstić information content (AvgIpc) is 2.67. The van der Waals surface area contributed by atoms with Crippen LogP contribution in [0.25, 0.3) is 0 Å². The predicted octanol–water partition coefficient (Wildman–Crippen LogP) is 0.168. The minimum absolute atomic E-state index is 0.736. The van der Waals surface area contributed by atoms with Gasteiger partial charge in [-0.3, -0.25) is 0 Å². The summed E-state index contributed by atoms with van der Waals surface area (Å²) in [6, 6.07) is 0. The summed E-state index contributed by atoms with van der Waals surface area (Å²) in [7, 11) is 0. The van der Waals surface area contributed by atoms with E-state index in [2.05, 4.69) is 23.7 Å². The van der Waals surface area contributed by atoms with Crippen LogP contribution in [-0.4, -0.2) is 13.4 Å². The Morgan fingerprint density at radius 3 is 3.15 bits per heavy atom. The van der Waals surface area contributed by atoms with Crippen LogP contribution in [0.4, 0.5) is 0 Å². The van der Waals surface area contributed by atoms with Crippen molar-refractivity contribution in [3.05, 3.63) is 23.9 Å². The molecule has 3 heteroatoms. The quantitative estimate of drug-likeness (QED) is 0.446. The van der Waals surface area contributed by atoms with Crippen molar-refractivity contribution in [1.82, 2.24) is 0 Å². The van der Waals surface area contributed by atoms with Gasteiger partial charge in [-0.2, -0.15) is 0 Å². The highest BCUT2D eigenvalue weighted by Crippen LogP contribution is 2.31. The van der Waals surface area contributed by atoms with Crippen LogP contribution >= 0.6 is 0 Å². The molecular weight excluding hydrogens is 159 g/mol. The van der Waals surface area contributed by atoms with Gasteiger partial charge in [-0.1, -0.05) is 12.0 Å². The highest BCUT2D eigenvalue weighted by Gasteiger charge is 2.32. The van der Waals surface area contributed by atoms with Gasteiger partial charge in [-0.25, -0.2) is 5.26 Å². The SMILES string of the molecule is N#C[BH-]1[NH2+]CC=C1[C]1[CH+]CCCC1. The third-order valence-corrected chi connectivity index (χ3v) is 3.10. The van der Waals surface area contributed by atoms with Crippen LogP contribution in [0.5, 0.6) is 0 Å². The van der Waals surface area contributed by atoms with Gasteiger partial charge in [0.1, 0.15) is 5.92 Å². The molecule has 2 nitrogen and oxygen atoms in total. The number of hydrogen-bond donors (Lipinski definition) is 1. The van der Waals surface area contributed by atoms with E-state index in [1.807, 2.05) is 0 Å². The summed E-state index contributed by atoms with van der Waals surface area (Å²) in [5.74, 6) is 3.90. The van der Waals surface area contributed by atoms with Crippen molar-refractivity contribution >= 4 is 6.85 Å². The molecule has 2 aliphatic rings. The second-order valence-electron chi connectivity index (χ2n) is 3.97. The first kappa shape index (κ1) is 8.71. The molecule has 67 valence electrons. The molecule has 1 aliphatic carbocycles. The lowest BCUT2D eigenvalue weighted by Gasteiger charge is -2.17. The molecule has 0 amide bonds. The summed E-state index contributed by atoms with van der Waals surface area (Å²) in [6.45, 7) is 0.279. The fourth-order valence-electron chi connectivity index (χ4n) is 2.36. The number of rotatable bonds is 1. The molecule has 0 bridgehead atoms. The Bertz CT molecular complexity index is 248. The number of nitrogens with zero attached hydrogens (tertiary/aromatic N) is 1. The van der Waals surface area contributed by atoms with Crippen LogP contribution in [-0.2, 0) is 0 Å². The maximum Gasteiger partial charge on any atom is 0.319 e. The molecule has 1 radical (unpaired) electrons. The van der Waals surface area contributed by atoms with E-state index in [4.69, 9.17) is 5.26 Å². The summed E-state index contributed by atoms with van der Waals surface area (Å²) in [5.41, 5.74) is 1.38. The molecule has 0 aromatic carbocycles. The molecule has 0 aromatic rings. The maximum absolute atomic E-state index is 8.95. The lowest BCUT2D eigenvalue weighted by Crippen LogP contribution is -2.90. The molecule has 1 saturated carbocycles. The zero-order chi connectivity index (χ0) is 9.10. The number of allylic oxidation sites excluding steroid dienone is 1. The third kappa shape index (κ3) is 1.73. The zero-order valence-corrected chi connectivity index (χ0v) is 7.92. The van der Waals surface area contributed by atoms with E-state index in [1.165, 1.54) is 37.1 Å². The second-order valence-corrected chi connectivity index (χ2v) is 3.97. The Morgan fingerprint density at radius 1 is 1.54 bits per heavy atom. The van der Waals surface area contributed by atoms with E-state index >= 15 is 0 Å². The minimum atomic E-state index is -0.736. The van der Waals surface area contributed by atoms with E-state index in [0.717, 1.165) is 6.54 Å². The molecule has 1 fully saturated rings. The van der Waals surface area contributed by atoms with E-state index in [-0.39, 0.29) is 0 Å². The third-order valence-electron chi connectivity index (χ3n) is 3.10. The van der Waals surface area contributed by atoms with Crippen molar-refractivity contribution in [2.24, 2.45) is 0 Å². The Kier molecular flexibility index (Phi) is 2.61. The smallest absolute Gasteiger partial charge is 0.319 e. The Hall–Kier alpha value is -0.875. The van der Waals surface area contributed by atoms with Gasteiger partial charge in [0.05, 0.1) is 19.4 Å². The normalized spacial score (nSPS) is 29.2. The van der Waals surface area contributed by atoms with E-state index in [0.29, 0.717) is 0 Å². The summed E-state index contributed by atoms with van der Waals surface area (Å²) in [5, 5.41) is 11.1. The van der Waals surface area contributed by atoms with Gasteiger partial charge in [0.15, 0.2) is 0 Å². The van der Waals surface area contributed by atoms with Gasteiger partial charge >= 0.3 is 6.85 Å². The van der Waals surface area contributed by atoms with Crippen molar-refractivity contribution in [2.75, 3.05) is 6.54 Å². The molecule has 1 unspecified atom stereocenters. The van der Waals surface area contributed by atoms with Gasteiger partial charge in [-0.05, 0) is 19.3 Å². The first-order chi connectivity index (χ1) is 6.42. The zero-order valence-electron chi connectivity index (χ0n) is 7.92. The van der Waals surface area contributed by atoms with Crippen LogP contribution in [0.1, 0.15) is 25.7 Å². The molecule has 1 atom stereocenters. The monoisotopic (exact) mass is 174 g/mol. The predicted molar refractivity (Wildman–Crippen MR) is 53.6 cm³/mol. The van der Waals surface area contributed by atoms with Gasteiger partial charge in [0.25, 0.3) is 0 Å². The lowest BCUT2D eigenvalue weighted by molar-refractivity contribution is -0.502. The maximum atomic E-state index is 8.95. The van der Waals surface area contributed by atoms with Crippen LogP contribution in [0.2, 0.25) is 0 Å². The van der Waals surface area contributed by atoms with Crippen molar-refractivity contribution in [3.8, 4) is 5.97 Å². The largest absolute Gasteiger partial charge is 0.520 e. The molecule has 13 heavy (non-hydrogen) atoms. The molecule has 0 saturated heterocycles. The summed E-state index contributed by atoms with van der Waals surface area (Å²) >= 11 is 0. The molecule has 0 spiro atoms. The summed E-state index contributed by atoms with van der Waals surface area (Å²) < 4.78 is 0. The summed E-state index contributed by atoms with van der Waals surface area (Å²) in [4.78, 5) is 0. The van der Waals surface area contributed by atoms with Crippen LogP contribution < -0.4 is 5.23 Å². The first-order valence-electron chi connectivity index (χ1n) is 5.24. The van der Waals surface area contributed by atoms with E-state index < -0.39 is 6.85 Å².